The average Bonchev–Trinajstić information content (AvgIpc) is 2.82. The van der Waals surface area contributed by atoms with Gasteiger partial charge in [-0.25, -0.2) is 9.97 Å². The first-order chi connectivity index (χ1) is 8.29. The van der Waals surface area contributed by atoms with Crippen molar-refractivity contribution in [3.63, 3.8) is 0 Å². The second-order valence-electron chi connectivity index (χ2n) is 4.54. The maximum atomic E-state index is 4.69. The van der Waals surface area contributed by atoms with Crippen molar-refractivity contribution < 1.29 is 0 Å². The lowest BCUT2D eigenvalue weighted by Crippen LogP contribution is -2.16. The van der Waals surface area contributed by atoms with Crippen molar-refractivity contribution in [1.82, 2.24) is 15.3 Å². The zero-order valence-corrected chi connectivity index (χ0v) is 11.5. The summed E-state index contributed by atoms with van der Waals surface area (Å²) in [5.41, 5.74) is 2.23. The lowest BCUT2D eigenvalue weighted by molar-refractivity contribution is 0.654. The van der Waals surface area contributed by atoms with Gasteiger partial charge in [0.15, 0.2) is 0 Å². The van der Waals surface area contributed by atoms with E-state index in [-0.39, 0.29) is 0 Å². The maximum absolute atomic E-state index is 4.69. The highest BCUT2D eigenvalue weighted by atomic mass is 32.2. The van der Waals surface area contributed by atoms with Gasteiger partial charge in [-0.1, -0.05) is 6.92 Å². The fourth-order valence-corrected chi connectivity index (χ4v) is 3.27. The van der Waals surface area contributed by atoms with E-state index in [1.54, 1.807) is 0 Å². The Kier molecular flexibility index (Phi) is 4.80. The Morgan fingerprint density at radius 2 is 2.35 bits per heavy atom. The van der Waals surface area contributed by atoms with E-state index in [9.17, 15) is 0 Å². The van der Waals surface area contributed by atoms with E-state index in [1.165, 1.54) is 18.6 Å². The number of aryl methyl sites for hydroxylation is 1. The van der Waals surface area contributed by atoms with Gasteiger partial charge < -0.3 is 5.32 Å². The normalized spacial score (nSPS) is 19.8. The van der Waals surface area contributed by atoms with Crippen LogP contribution in [0.2, 0.25) is 0 Å². The molecule has 1 atom stereocenters. The number of aromatic nitrogens is 2. The van der Waals surface area contributed by atoms with Crippen LogP contribution in [-0.4, -0.2) is 22.3 Å². The van der Waals surface area contributed by atoms with E-state index in [0.29, 0.717) is 5.25 Å². The summed E-state index contributed by atoms with van der Waals surface area (Å²) >= 11 is 2.00. The molecule has 17 heavy (non-hydrogen) atoms. The summed E-state index contributed by atoms with van der Waals surface area (Å²) < 4.78 is 0. The molecule has 1 saturated heterocycles. The molecule has 0 spiro atoms. The van der Waals surface area contributed by atoms with E-state index >= 15 is 0 Å². The molecule has 3 nitrogen and oxygen atoms in total. The third kappa shape index (κ3) is 3.68. The smallest absolute Gasteiger partial charge is 0.141 e. The van der Waals surface area contributed by atoms with Gasteiger partial charge in [-0.15, -0.1) is 0 Å². The van der Waals surface area contributed by atoms with Crippen LogP contribution in [0.3, 0.4) is 0 Å². The zero-order valence-electron chi connectivity index (χ0n) is 10.7. The van der Waals surface area contributed by atoms with Crippen LogP contribution in [-0.2, 0) is 6.54 Å². The van der Waals surface area contributed by atoms with Crippen LogP contribution in [0.15, 0.2) is 6.07 Å². The summed E-state index contributed by atoms with van der Waals surface area (Å²) in [6.45, 7) is 6.16. The van der Waals surface area contributed by atoms with Crippen molar-refractivity contribution in [2.45, 2.75) is 44.9 Å². The largest absolute Gasteiger partial charge is 0.311 e. The highest BCUT2D eigenvalue weighted by molar-refractivity contribution is 7.99. The first-order valence-electron chi connectivity index (χ1n) is 6.46. The van der Waals surface area contributed by atoms with Crippen molar-refractivity contribution in [2.75, 3.05) is 12.3 Å². The lowest BCUT2D eigenvalue weighted by Gasteiger charge is -2.10. The van der Waals surface area contributed by atoms with Crippen LogP contribution >= 0.6 is 11.8 Å². The molecule has 0 aromatic carbocycles. The quantitative estimate of drug-likeness (QED) is 0.817. The first kappa shape index (κ1) is 12.8. The Bertz CT molecular complexity index is 362. The van der Waals surface area contributed by atoms with Crippen molar-refractivity contribution >= 4 is 11.8 Å². The van der Waals surface area contributed by atoms with E-state index in [1.807, 2.05) is 11.8 Å². The molecule has 1 fully saturated rings. The molecule has 1 aromatic heterocycles. The molecule has 1 N–H and O–H groups in total. The molecule has 1 aromatic rings. The fourth-order valence-electron chi connectivity index (χ4n) is 2.07. The molecule has 1 aliphatic heterocycles. The summed E-state index contributed by atoms with van der Waals surface area (Å²) in [7, 11) is 0. The Labute approximate surface area is 108 Å². The molecule has 0 amide bonds. The van der Waals surface area contributed by atoms with E-state index in [4.69, 9.17) is 4.98 Å². The molecule has 1 aliphatic rings. The molecule has 0 aliphatic carbocycles. The minimum atomic E-state index is 0.528. The van der Waals surface area contributed by atoms with E-state index in [0.717, 1.165) is 36.7 Å². The standard InChI is InChI=1S/C13H21N3S/c1-3-6-14-9-11-8-10(2)15-13(16-11)12-5-4-7-17-12/h8,12,14H,3-7,9H2,1-2H3. The van der Waals surface area contributed by atoms with Crippen molar-refractivity contribution in [2.24, 2.45) is 0 Å². The van der Waals surface area contributed by atoms with Crippen LogP contribution < -0.4 is 5.32 Å². The molecule has 0 saturated carbocycles. The second-order valence-corrected chi connectivity index (χ2v) is 5.85. The summed E-state index contributed by atoms with van der Waals surface area (Å²) in [6, 6.07) is 2.09. The van der Waals surface area contributed by atoms with Crippen molar-refractivity contribution in [3.05, 3.63) is 23.3 Å². The van der Waals surface area contributed by atoms with Gasteiger partial charge in [-0.05, 0) is 44.6 Å². The maximum Gasteiger partial charge on any atom is 0.141 e. The van der Waals surface area contributed by atoms with Crippen LogP contribution in [0.5, 0.6) is 0 Å². The molecule has 94 valence electrons. The van der Waals surface area contributed by atoms with Gasteiger partial charge in [0.25, 0.3) is 0 Å². The Morgan fingerprint density at radius 1 is 1.47 bits per heavy atom. The highest BCUT2D eigenvalue weighted by Gasteiger charge is 2.20. The predicted octanol–water partition coefficient (Wildman–Crippen LogP) is 2.85. The zero-order chi connectivity index (χ0) is 12.1. The molecule has 2 heterocycles. The average molecular weight is 251 g/mol. The summed E-state index contributed by atoms with van der Waals surface area (Å²) in [5, 5.41) is 3.93. The number of rotatable bonds is 5. The van der Waals surface area contributed by atoms with E-state index < -0.39 is 0 Å². The Hall–Kier alpha value is -0.610. The second kappa shape index (κ2) is 6.36. The molecular weight excluding hydrogens is 230 g/mol. The topological polar surface area (TPSA) is 37.8 Å². The molecule has 1 unspecified atom stereocenters. The number of thioether (sulfide) groups is 1. The molecule has 0 radical (unpaired) electrons. The monoisotopic (exact) mass is 251 g/mol. The minimum Gasteiger partial charge on any atom is -0.311 e. The summed E-state index contributed by atoms with van der Waals surface area (Å²) in [4.78, 5) is 9.28. The molecule has 2 rings (SSSR count). The number of hydrogen-bond donors (Lipinski definition) is 1. The lowest BCUT2D eigenvalue weighted by atomic mass is 10.2. The number of nitrogens with one attached hydrogen (secondary N) is 1. The molecule has 4 heteroatoms. The Morgan fingerprint density at radius 3 is 3.06 bits per heavy atom. The van der Waals surface area contributed by atoms with Gasteiger partial charge >= 0.3 is 0 Å². The predicted molar refractivity (Wildman–Crippen MR) is 73.2 cm³/mol. The SMILES string of the molecule is CCCNCc1cc(C)nc(C2CCCS2)n1. The number of hydrogen-bond acceptors (Lipinski definition) is 4. The summed E-state index contributed by atoms with van der Waals surface area (Å²) in [6.07, 6.45) is 3.70. The van der Waals surface area contributed by atoms with Crippen LogP contribution in [0.4, 0.5) is 0 Å². The van der Waals surface area contributed by atoms with E-state index in [2.05, 4.69) is 30.2 Å². The number of nitrogens with zero attached hydrogens (tertiary/aromatic N) is 2. The van der Waals surface area contributed by atoms with Gasteiger partial charge in [0.1, 0.15) is 5.82 Å². The van der Waals surface area contributed by atoms with Gasteiger partial charge in [0.05, 0.1) is 10.9 Å². The summed E-state index contributed by atoms with van der Waals surface area (Å²) in [5.74, 6) is 2.30. The van der Waals surface area contributed by atoms with Crippen molar-refractivity contribution in [1.29, 1.82) is 0 Å². The van der Waals surface area contributed by atoms with Gasteiger partial charge in [-0.2, -0.15) is 11.8 Å². The Balaban J connectivity index is 2.05. The van der Waals surface area contributed by atoms with Gasteiger partial charge in [0.2, 0.25) is 0 Å². The highest BCUT2D eigenvalue weighted by Crippen LogP contribution is 2.38. The van der Waals surface area contributed by atoms with Gasteiger partial charge in [0, 0.05) is 12.2 Å². The fraction of sp³-hybridized carbons (Fsp3) is 0.692. The van der Waals surface area contributed by atoms with Crippen LogP contribution in [0.25, 0.3) is 0 Å². The third-order valence-electron chi connectivity index (χ3n) is 2.88. The van der Waals surface area contributed by atoms with Crippen LogP contribution in [0.1, 0.15) is 48.6 Å². The molecular formula is C13H21N3S. The van der Waals surface area contributed by atoms with Crippen molar-refractivity contribution in [3.8, 4) is 0 Å². The third-order valence-corrected chi connectivity index (χ3v) is 4.25. The minimum absolute atomic E-state index is 0.528. The van der Waals surface area contributed by atoms with Gasteiger partial charge in [-0.3, -0.25) is 0 Å². The first-order valence-corrected chi connectivity index (χ1v) is 7.51. The molecule has 0 bridgehead atoms. The van der Waals surface area contributed by atoms with Crippen LogP contribution in [0, 0.1) is 6.92 Å².